The Morgan fingerprint density at radius 3 is 1.31 bits per heavy atom. The molecule has 236 valence electrons. The van der Waals surface area contributed by atoms with Crippen molar-refractivity contribution < 1.29 is 19.8 Å². The molecule has 0 saturated heterocycles. The van der Waals surface area contributed by atoms with Gasteiger partial charge < -0.3 is 10.2 Å². The minimum atomic E-state index is -0.0541. The monoisotopic (exact) mass is 580 g/mol. The zero-order valence-electron chi connectivity index (χ0n) is 27.2. The summed E-state index contributed by atoms with van der Waals surface area (Å²) in [4.78, 5) is 24.8. The Morgan fingerprint density at radius 2 is 0.905 bits per heavy atom. The van der Waals surface area contributed by atoms with Gasteiger partial charge in [-0.25, -0.2) is 0 Å². The molecule has 8 fully saturated rings. The summed E-state index contributed by atoms with van der Waals surface area (Å²) in [5.74, 6) is 7.07. The van der Waals surface area contributed by atoms with E-state index in [-0.39, 0.29) is 23.0 Å². The number of hydrogen-bond acceptors (Lipinski definition) is 4. The minimum Gasteiger partial charge on any atom is -0.393 e. The van der Waals surface area contributed by atoms with E-state index >= 15 is 0 Å². The van der Waals surface area contributed by atoms with Crippen molar-refractivity contribution in [2.45, 2.75) is 155 Å². The number of carbonyl (C=O) groups is 2. The molecule has 0 aromatic heterocycles. The molecule has 42 heavy (non-hydrogen) atoms. The third-order valence-corrected chi connectivity index (χ3v) is 16.7. The van der Waals surface area contributed by atoms with Gasteiger partial charge in [0, 0.05) is 23.7 Å². The summed E-state index contributed by atoms with van der Waals surface area (Å²) in [6.45, 7) is 9.56. The highest BCUT2D eigenvalue weighted by molar-refractivity contribution is 5.87. The Morgan fingerprint density at radius 1 is 0.500 bits per heavy atom. The molecule has 0 heterocycles. The van der Waals surface area contributed by atoms with Crippen molar-refractivity contribution in [1.82, 2.24) is 0 Å². The average molecular weight is 581 g/mol. The fourth-order valence-corrected chi connectivity index (χ4v) is 14.0. The van der Waals surface area contributed by atoms with Crippen molar-refractivity contribution in [2.24, 2.45) is 69.0 Å². The highest BCUT2D eigenvalue weighted by Crippen LogP contribution is 2.67. The first kappa shape index (κ1) is 29.9. The van der Waals surface area contributed by atoms with Crippen LogP contribution in [0.1, 0.15) is 143 Å². The van der Waals surface area contributed by atoms with E-state index in [0.717, 1.165) is 99.7 Å². The van der Waals surface area contributed by atoms with Crippen molar-refractivity contribution in [3.8, 4) is 0 Å². The third-order valence-electron chi connectivity index (χ3n) is 16.7. The Labute approximate surface area is 255 Å². The van der Waals surface area contributed by atoms with Crippen LogP contribution in [0.3, 0.4) is 0 Å². The fraction of sp³-hybridized carbons (Fsp3) is 0.947. The van der Waals surface area contributed by atoms with Crippen molar-refractivity contribution in [3.63, 3.8) is 0 Å². The average Bonchev–Trinajstić information content (AvgIpc) is 3.44. The van der Waals surface area contributed by atoms with Gasteiger partial charge in [0.2, 0.25) is 0 Å². The number of rotatable bonds is 0. The number of aliphatic hydroxyl groups excluding tert-OH is 2. The summed E-state index contributed by atoms with van der Waals surface area (Å²) in [5, 5.41) is 20.1. The zero-order valence-corrected chi connectivity index (χ0v) is 27.2. The number of hydrogen-bond donors (Lipinski definition) is 2. The van der Waals surface area contributed by atoms with Gasteiger partial charge in [-0.2, -0.15) is 0 Å². The number of carbonyl (C=O) groups excluding carboxylic acids is 2. The first-order valence-electron chi connectivity index (χ1n) is 18.3. The molecule has 4 heteroatoms. The molecular formula is C38H60O4. The molecule has 4 nitrogen and oxygen atoms in total. The van der Waals surface area contributed by atoms with Crippen LogP contribution in [-0.2, 0) is 9.59 Å². The Hall–Kier alpha value is -0.740. The Balaban J connectivity index is 0.000000137. The standard InChI is InChI=1S/2C19H30O2/c2*1-18-9-7-13(20)11-12(18)3-4-14-15-5-6-17(21)19(15,2)10-8-16(14)18/h2*12-16,20H,3-11H2,1-2H3/t12-,13+,14-,15-,16-,18-,19-;12-,13-,14-,15-,16-,18-,19-/m00/s1. The largest absolute Gasteiger partial charge is 0.393 e. The van der Waals surface area contributed by atoms with Gasteiger partial charge in [-0.15, -0.1) is 0 Å². The molecular weight excluding hydrogens is 520 g/mol. The molecule has 8 aliphatic carbocycles. The second-order valence-electron chi connectivity index (χ2n) is 18.0. The molecule has 0 spiro atoms. The number of aliphatic hydroxyl groups is 2. The van der Waals surface area contributed by atoms with Crippen LogP contribution in [0.4, 0.5) is 0 Å². The molecule has 8 saturated carbocycles. The van der Waals surface area contributed by atoms with Crippen molar-refractivity contribution in [2.75, 3.05) is 0 Å². The highest BCUT2D eigenvalue weighted by atomic mass is 16.3. The molecule has 14 atom stereocenters. The van der Waals surface area contributed by atoms with E-state index in [2.05, 4.69) is 27.7 Å². The SMILES string of the molecule is C[C@]12CC[C@@H](O)C[C@@H]1CC[C@@H]1[C@@H]2CC[C@]2(C)C(=O)CC[C@@H]12.C[C@]12CC[C@H](O)C[C@@H]1CC[C@@H]1[C@@H]2CC[C@]2(C)C(=O)CC[C@@H]12. The maximum atomic E-state index is 12.4. The van der Waals surface area contributed by atoms with Gasteiger partial charge in [0.05, 0.1) is 12.2 Å². The number of ketones is 2. The van der Waals surface area contributed by atoms with Gasteiger partial charge >= 0.3 is 0 Å². The first-order chi connectivity index (χ1) is 19.9. The van der Waals surface area contributed by atoms with Crippen LogP contribution in [0.15, 0.2) is 0 Å². The van der Waals surface area contributed by atoms with Crippen molar-refractivity contribution in [3.05, 3.63) is 0 Å². The Kier molecular flexibility index (Phi) is 7.41. The van der Waals surface area contributed by atoms with Crippen LogP contribution in [-0.4, -0.2) is 34.0 Å². The summed E-state index contributed by atoms with van der Waals surface area (Å²) in [6.07, 6.45) is 20.3. The van der Waals surface area contributed by atoms with Gasteiger partial charge in [-0.3, -0.25) is 9.59 Å². The first-order valence-corrected chi connectivity index (χ1v) is 18.3. The van der Waals surface area contributed by atoms with Crippen LogP contribution >= 0.6 is 0 Å². The molecule has 0 aromatic carbocycles. The van der Waals surface area contributed by atoms with E-state index in [1.54, 1.807) is 0 Å². The second-order valence-corrected chi connectivity index (χ2v) is 18.0. The summed E-state index contributed by atoms with van der Waals surface area (Å²) < 4.78 is 0. The molecule has 8 aliphatic rings. The Bertz CT molecular complexity index is 1000. The zero-order chi connectivity index (χ0) is 29.7. The maximum absolute atomic E-state index is 12.4. The van der Waals surface area contributed by atoms with Crippen molar-refractivity contribution >= 4 is 11.6 Å². The molecule has 0 radical (unpaired) electrons. The lowest BCUT2D eigenvalue weighted by Crippen LogP contribution is -2.54. The minimum absolute atomic E-state index is 0.0124. The van der Waals surface area contributed by atoms with Gasteiger partial charge in [-0.05, 0) is 161 Å². The van der Waals surface area contributed by atoms with E-state index in [0.29, 0.717) is 34.2 Å². The van der Waals surface area contributed by atoms with E-state index in [4.69, 9.17) is 0 Å². The van der Waals surface area contributed by atoms with Gasteiger partial charge in [0.1, 0.15) is 11.6 Å². The lowest BCUT2D eigenvalue weighted by atomic mass is 9.45. The smallest absolute Gasteiger partial charge is 0.139 e. The molecule has 0 aliphatic heterocycles. The summed E-state index contributed by atoms with van der Waals surface area (Å²) in [6, 6.07) is 0. The lowest BCUT2D eigenvalue weighted by molar-refractivity contribution is -0.142. The van der Waals surface area contributed by atoms with Crippen molar-refractivity contribution in [1.29, 1.82) is 0 Å². The molecule has 0 bridgehead atoms. The quantitative estimate of drug-likeness (QED) is 0.305. The normalized spacial score (nSPS) is 56.5. The topological polar surface area (TPSA) is 74.6 Å². The summed E-state index contributed by atoms with van der Waals surface area (Å²) in [5.41, 5.74) is 0.904. The van der Waals surface area contributed by atoms with E-state index in [1.807, 2.05) is 0 Å². The van der Waals surface area contributed by atoms with Gasteiger partial charge in [-0.1, -0.05) is 27.7 Å². The van der Waals surface area contributed by atoms with Gasteiger partial charge in [0.15, 0.2) is 0 Å². The second kappa shape index (κ2) is 10.4. The predicted molar refractivity (Wildman–Crippen MR) is 165 cm³/mol. The van der Waals surface area contributed by atoms with Crippen LogP contribution < -0.4 is 0 Å². The van der Waals surface area contributed by atoms with E-state index in [1.165, 1.54) is 51.4 Å². The predicted octanol–water partition coefficient (Wildman–Crippen LogP) is 7.92. The van der Waals surface area contributed by atoms with Crippen LogP contribution in [0.5, 0.6) is 0 Å². The highest BCUT2D eigenvalue weighted by Gasteiger charge is 2.61. The van der Waals surface area contributed by atoms with Crippen LogP contribution in [0, 0.1) is 69.0 Å². The molecule has 0 unspecified atom stereocenters. The molecule has 8 rings (SSSR count). The molecule has 2 N–H and O–H groups in total. The third kappa shape index (κ3) is 4.33. The van der Waals surface area contributed by atoms with E-state index in [9.17, 15) is 19.8 Å². The molecule has 0 amide bonds. The fourth-order valence-electron chi connectivity index (χ4n) is 14.0. The summed E-state index contributed by atoms with van der Waals surface area (Å²) in [7, 11) is 0. The van der Waals surface area contributed by atoms with Crippen LogP contribution in [0.25, 0.3) is 0 Å². The summed E-state index contributed by atoms with van der Waals surface area (Å²) >= 11 is 0. The van der Waals surface area contributed by atoms with E-state index < -0.39 is 0 Å². The number of Topliss-reactive ketones (excluding diaryl/α,β-unsaturated/α-hetero) is 2. The van der Waals surface area contributed by atoms with Crippen LogP contribution in [0.2, 0.25) is 0 Å². The maximum Gasteiger partial charge on any atom is 0.139 e. The molecule has 0 aromatic rings. The lowest BCUT2D eigenvalue weighted by Gasteiger charge is -2.60. The van der Waals surface area contributed by atoms with Gasteiger partial charge in [0.25, 0.3) is 0 Å². The number of fused-ring (bicyclic) bond motifs is 10.